The highest BCUT2D eigenvalue weighted by atomic mass is 16.1. The van der Waals surface area contributed by atoms with Crippen molar-refractivity contribution in [2.75, 3.05) is 13.1 Å². The molecule has 1 heterocycles. The van der Waals surface area contributed by atoms with Gasteiger partial charge in [-0.2, -0.15) is 0 Å². The van der Waals surface area contributed by atoms with E-state index < -0.39 is 0 Å². The van der Waals surface area contributed by atoms with Crippen LogP contribution in [0, 0.1) is 17.8 Å². The molecular formula is C10H17NO. The van der Waals surface area contributed by atoms with E-state index in [-0.39, 0.29) is 0 Å². The van der Waals surface area contributed by atoms with Crippen LogP contribution in [0.25, 0.3) is 0 Å². The van der Waals surface area contributed by atoms with Crippen LogP contribution in [0.5, 0.6) is 0 Å². The zero-order valence-corrected chi connectivity index (χ0v) is 7.68. The van der Waals surface area contributed by atoms with Gasteiger partial charge in [0.15, 0.2) is 0 Å². The van der Waals surface area contributed by atoms with Gasteiger partial charge in [0.25, 0.3) is 0 Å². The van der Waals surface area contributed by atoms with Crippen LogP contribution in [0.15, 0.2) is 0 Å². The van der Waals surface area contributed by atoms with Gasteiger partial charge in [0, 0.05) is 18.4 Å². The Morgan fingerprint density at radius 1 is 1.33 bits per heavy atom. The van der Waals surface area contributed by atoms with E-state index in [0.29, 0.717) is 23.5 Å². The molecule has 1 saturated heterocycles. The standard InChI is InChI=1S/C10H17NO/c1-7-4-5-11-6-9(7)10(12)8-2-3-8/h7-9,11H,2-6H2,1H3. The number of hydrogen-bond donors (Lipinski definition) is 1. The van der Waals surface area contributed by atoms with Crippen molar-refractivity contribution in [2.24, 2.45) is 17.8 Å². The molecule has 0 radical (unpaired) electrons. The fraction of sp³-hybridized carbons (Fsp3) is 0.900. The summed E-state index contributed by atoms with van der Waals surface area (Å²) < 4.78 is 0. The van der Waals surface area contributed by atoms with Gasteiger partial charge in [-0.05, 0) is 31.7 Å². The van der Waals surface area contributed by atoms with Crippen molar-refractivity contribution in [3.8, 4) is 0 Å². The highest BCUT2D eigenvalue weighted by molar-refractivity contribution is 5.86. The summed E-state index contributed by atoms with van der Waals surface area (Å²) in [6, 6.07) is 0. The van der Waals surface area contributed by atoms with E-state index in [0.717, 1.165) is 25.9 Å². The summed E-state index contributed by atoms with van der Waals surface area (Å²) in [5, 5.41) is 3.31. The van der Waals surface area contributed by atoms with Crippen molar-refractivity contribution in [3.63, 3.8) is 0 Å². The minimum absolute atomic E-state index is 0.325. The van der Waals surface area contributed by atoms with E-state index >= 15 is 0 Å². The maximum Gasteiger partial charge on any atom is 0.140 e. The molecule has 2 heteroatoms. The predicted molar refractivity (Wildman–Crippen MR) is 47.9 cm³/mol. The lowest BCUT2D eigenvalue weighted by Gasteiger charge is -2.28. The molecule has 1 N–H and O–H groups in total. The molecule has 0 amide bonds. The van der Waals surface area contributed by atoms with Crippen LogP contribution in [0.3, 0.4) is 0 Å². The third-order valence-corrected chi connectivity index (χ3v) is 3.17. The summed E-state index contributed by atoms with van der Waals surface area (Å²) in [6.07, 6.45) is 3.48. The molecule has 2 atom stereocenters. The average Bonchev–Trinajstić information content (AvgIpc) is 2.86. The minimum atomic E-state index is 0.325. The molecule has 2 fully saturated rings. The Morgan fingerprint density at radius 3 is 2.67 bits per heavy atom. The molecule has 0 aromatic rings. The number of carbonyl (C=O) groups excluding carboxylic acids is 1. The maximum atomic E-state index is 11.7. The second-order valence-corrected chi connectivity index (χ2v) is 4.25. The predicted octanol–water partition coefficient (Wildman–Crippen LogP) is 1.21. The van der Waals surface area contributed by atoms with Gasteiger partial charge < -0.3 is 5.32 Å². The van der Waals surface area contributed by atoms with Crippen LogP contribution in [-0.2, 0) is 4.79 Å². The molecule has 2 rings (SSSR count). The lowest BCUT2D eigenvalue weighted by Crippen LogP contribution is -2.40. The van der Waals surface area contributed by atoms with Gasteiger partial charge in [0.1, 0.15) is 5.78 Å². The first kappa shape index (κ1) is 8.24. The number of carbonyl (C=O) groups is 1. The van der Waals surface area contributed by atoms with Crippen LogP contribution in [0.1, 0.15) is 26.2 Å². The van der Waals surface area contributed by atoms with Crippen molar-refractivity contribution < 1.29 is 4.79 Å². The van der Waals surface area contributed by atoms with E-state index in [1.165, 1.54) is 6.42 Å². The number of piperidine rings is 1. The quantitative estimate of drug-likeness (QED) is 0.670. The van der Waals surface area contributed by atoms with Crippen molar-refractivity contribution >= 4 is 5.78 Å². The van der Waals surface area contributed by atoms with Gasteiger partial charge >= 0.3 is 0 Å². The van der Waals surface area contributed by atoms with Crippen molar-refractivity contribution in [1.29, 1.82) is 0 Å². The monoisotopic (exact) mass is 167 g/mol. The fourth-order valence-corrected chi connectivity index (χ4v) is 2.04. The molecule has 1 aliphatic heterocycles. The van der Waals surface area contributed by atoms with E-state index in [1.807, 2.05) is 0 Å². The Labute approximate surface area is 73.7 Å². The molecule has 2 nitrogen and oxygen atoms in total. The summed E-state index contributed by atoms with van der Waals surface area (Å²) in [5.41, 5.74) is 0. The number of rotatable bonds is 2. The van der Waals surface area contributed by atoms with Gasteiger partial charge in [-0.25, -0.2) is 0 Å². The SMILES string of the molecule is CC1CCNCC1C(=O)C1CC1. The largest absolute Gasteiger partial charge is 0.316 e. The van der Waals surface area contributed by atoms with Crippen LogP contribution in [0.4, 0.5) is 0 Å². The lowest BCUT2D eigenvalue weighted by atomic mass is 9.83. The van der Waals surface area contributed by atoms with Gasteiger partial charge in [-0.1, -0.05) is 6.92 Å². The normalized spacial score (nSPS) is 36.4. The second-order valence-electron chi connectivity index (χ2n) is 4.25. The molecule has 0 aromatic carbocycles. The molecule has 2 aliphatic rings. The molecule has 1 saturated carbocycles. The van der Waals surface area contributed by atoms with Crippen LogP contribution in [-0.4, -0.2) is 18.9 Å². The fourth-order valence-electron chi connectivity index (χ4n) is 2.04. The van der Waals surface area contributed by atoms with E-state index in [9.17, 15) is 4.79 Å². The van der Waals surface area contributed by atoms with E-state index in [4.69, 9.17) is 0 Å². The zero-order valence-electron chi connectivity index (χ0n) is 7.68. The molecule has 0 spiro atoms. The molecule has 2 unspecified atom stereocenters. The summed E-state index contributed by atoms with van der Waals surface area (Å²) in [5.74, 6) is 1.91. The Bertz CT molecular complexity index is 186. The molecule has 0 aromatic heterocycles. The highest BCUT2D eigenvalue weighted by Gasteiger charge is 2.37. The summed E-state index contributed by atoms with van der Waals surface area (Å²) in [7, 11) is 0. The summed E-state index contributed by atoms with van der Waals surface area (Å²) >= 11 is 0. The second kappa shape index (κ2) is 3.17. The summed E-state index contributed by atoms with van der Waals surface area (Å²) in [6.45, 7) is 4.23. The van der Waals surface area contributed by atoms with E-state index in [1.54, 1.807) is 0 Å². The van der Waals surface area contributed by atoms with Crippen LogP contribution < -0.4 is 5.32 Å². The molecule has 0 bridgehead atoms. The van der Waals surface area contributed by atoms with Crippen molar-refractivity contribution in [1.82, 2.24) is 5.32 Å². The maximum absolute atomic E-state index is 11.7. The van der Waals surface area contributed by atoms with E-state index in [2.05, 4.69) is 12.2 Å². The number of ketones is 1. The first-order chi connectivity index (χ1) is 5.79. The van der Waals surface area contributed by atoms with Gasteiger partial charge in [-0.3, -0.25) is 4.79 Å². The molecule has 12 heavy (non-hydrogen) atoms. The third-order valence-electron chi connectivity index (χ3n) is 3.17. The zero-order chi connectivity index (χ0) is 8.55. The first-order valence-corrected chi connectivity index (χ1v) is 5.03. The number of hydrogen-bond acceptors (Lipinski definition) is 2. The average molecular weight is 167 g/mol. The minimum Gasteiger partial charge on any atom is -0.316 e. The molecule has 1 aliphatic carbocycles. The van der Waals surface area contributed by atoms with Crippen LogP contribution in [0.2, 0.25) is 0 Å². The van der Waals surface area contributed by atoms with Gasteiger partial charge in [0.2, 0.25) is 0 Å². The Kier molecular flexibility index (Phi) is 2.18. The van der Waals surface area contributed by atoms with Gasteiger partial charge in [-0.15, -0.1) is 0 Å². The van der Waals surface area contributed by atoms with Crippen LogP contribution >= 0.6 is 0 Å². The lowest BCUT2D eigenvalue weighted by molar-refractivity contribution is -0.126. The van der Waals surface area contributed by atoms with Gasteiger partial charge in [0.05, 0.1) is 0 Å². The third kappa shape index (κ3) is 1.53. The topological polar surface area (TPSA) is 29.1 Å². The number of Topliss-reactive ketones (excluding diaryl/α,β-unsaturated/α-hetero) is 1. The Morgan fingerprint density at radius 2 is 2.08 bits per heavy atom. The van der Waals surface area contributed by atoms with Crippen molar-refractivity contribution in [2.45, 2.75) is 26.2 Å². The van der Waals surface area contributed by atoms with Crippen molar-refractivity contribution in [3.05, 3.63) is 0 Å². The smallest absolute Gasteiger partial charge is 0.140 e. The molecule has 68 valence electrons. The molecular weight excluding hydrogens is 150 g/mol. The Balaban J connectivity index is 1.95. The number of nitrogens with one attached hydrogen (secondary N) is 1. The first-order valence-electron chi connectivity index (χ1n) is 5.03. The Hall–Kier alpha value is -0.370. The summed E-state index contributed by atoms with van der Waals surface area (Å²) in [4.78, 5) is 11.7. The highest BCUT2D eigenvalue weighted by Crippen LogP contribution is 2.35.